The number of aromatic nitrogens is 1. The highest BCUT2D eigenvalue weighted by atomic mass is 32.1. The molecule has 100 valence electrons. The van der Waals surface area contributed by atoms with Crippen molar-refractivity contribution in [3.63, 3.8) is 0 Å². The van der Waals surface area contributed by atoms with Crippen LogP contribution in [0, 0.1) is 0 Å². The minimum absolute atomic E-state index is 0.396. The van der Waals surface area contributed by atoms with E-state index in [1.165, 1.54) is 0 Å². The van der Waals surface area contributed by atoms with Gasteiger partial charge < -0.3 is 15.2 Å². The van der Waals surface area contributed by atoms with Crippen molar-refractivity contribution < 1.29 is 9.47 Å². The molecule has 1 aliphatic rings. The van der Waals surface area contributed by atoms with Crippen LogP contribution < -0.4 is 5.73 Å². The molecule has 0 atom stereocenters. The molecule has 2 N–H and O–H groups in total. The molecular formula is C11H17N3O2S2. The standard InChI is InChI=1S/C11H17N3O2S2/c1-15-7-8-10(11(12)17)18-9(13-8)6-14-2-4-16-5-3-14/h2-7H2,1H3,(H2,12,17). The first kappa shape index (κ1) is 13.8. The Morgan fingerprint density at radius 2 is 2.28 bits per heavy atom. The number of thiazole rings is 1. The second kappa shape index (κ2) is 6.53. The molecule has 0 radical (unpaired) electrons. The molecule has 0 bridgehead atoms. The molecule has 5 nitrogen and oxygen atoms in total. The van der Waals surface area contributed by atoms with Crippen LogP contribution in [0.5, 0.6) is 0 Å². The largest absolute Gasteiger partial charge is 0.389 e. The third-order valence-corrected chi connectivity index (χ3v) is 4.16. The van der Waals surface area contributed by atoms with Crippen LogP contribution in [-0.4, -0.2) is 48.3 Å². The van der Waals surface area contributed by atoms with E-state index >= 15 is 0 Å². The average molecular weight is 287 g/mol. The molecule has 7 heteroatoms. The summed E-state index contributed by atoms with van der Waals surface area (Å²) in [6.07, 6.45) is 0. The highest BCUT2D eigenvalue weighted by molar-refractivity contribution is 7.81. The lowest BCUT2D eigenvalue weighted by Gasteiger charge is -2.25. The van der Waals surface area contributed by atoms with Crippen LogP contribution in [0.25, 0.3) is 0 Å². The van der Waals surface area contributed by atoms with Crippen molar-refractivity contribution in [1.29, 1.82) is 0 Å². The lowest BCUT2D eigenvalue weighted by Crippen LogP contribution is -2.35. The van der Waals surface area contributed by atoms with Crippen molar-refractivity contribution in [2.24, 2.45) is 5.73 Å². The van der Waals surface area contributed by atoms with E-state index in [9.17, 15) is 0 Å². The van der Waals surface area contributed by atoms with E-state index in [0.29, 0.717) is 11.6 Å². The molecule has 0 spiro atoms. The maximum absolute atomic E-state index is 5.70. The maximum Gasteiger partial charge on any atom is 0.116 e. The van der Waals surface area contributed by atoms with Crippen LogP contribution >= 0.6 is 23.6 Å². The number of rotatable bonds is 5. The quantitative estimate of drug-likeness (QED) is 0.807. The summed E-state index contributed by atoms with van der Waals surface area (Å²) >= 11 is 6.60. The highest BCUT2D eigenvalue weighted by Gasteiger charge is 2.17. The summed E-state index contributed by atoms with van der Waals surface area (Å²) in [5.74, 6) is 0. The summed E-state index contributed by atoms with van der Waals surface area (Å²) < 4.78 is 10.4. The van der Waals surface area contributed by atoms with Gasteiger partial charge in [0.05, 0.1) is 36.9 Å². The van der Waals surface area contributed by atoms with E-state index in [0.717, 1.165) is 48.4 Å². The van der Waals surface area contributed by atoms with Gasteiger partial charge in [-0.25, -0.2) is 4.98 Å². The van der Waals surface area contributed by atoms with Crippen LogP contribution in [0.3, 0.4) is 0 Å². The fourth-order valence-corrected chi connectivity index (χ4v) is 3.05. The summed E-state index contributed by atoms with van der Waals surface area (Å²) in [7, 11) is 1.64. The van der Waals surface area contributed by atoms with Crippen molar-refractivity contribution in [3.05, 3.63) is 15.6 Å². The van der Waals surface area contributed by atoms with Gasteiger partial charge in [0.2, 0.25) is 0 Å². The number of nitrogens with zero attached hydrogens (tertiary/aromatic N) is 2. The van der Waals surface area contributed by atoms with Crippen LogP contribution in [0.1, 0.15) is 15.6 Å². The Bertz CT molecular complexity index is 416. The summed E-state index contributed by atoms with van der Waals surface area (Å²) in [5.41, 5.74) is 6.55. The van der Waals surface area contributed by atoms with Gasteiger partial charge in [0.25, 0.3) is 0 Å². The van der Waals surface area contributed by atoms with Gasteiger partial charge in [0.1, 0.15) is 10.00 Å². The predicted octanol–water partition coefficient (Wildman–Crippen LogP) is 0.756. The molecule has 0 aromatic carbocycles. The highest BCUT2D eigenvalue weighted by Crippen LogP contribution is 2.21. The Balaban J connectivity index is 2.07. The molecule has 2 heterocycles. The van der Waals surface area contributed by atoms with Gasteiger partial charge in [-0.2, -0.15) is 0 Å². The minimum atomic E-state index is 0.396. The summed E-state index contributed by atoms with van der Waals surface area (Å²) in [5, 5.41) is 1.03. The lowest BCUT2D eigenvalue weighted by atomic mass is 10.3. The Kier molecular flexibility index (Phi) is 5.02. The van der Waals surface area contributed by atoms with Crippen LogP contribution in [0.15, 0.2) is 0 Å². The van der Waals surface area contributed by atoms with Crippen LogP contribution in [0.4, 0.5) is 0 Å². The van der Waals surface area contributed by atoms with Gasteiger partial charge in [-0.15, -0.1) is 11.3 Å². The van der Waals surface area contributed by atoms with Gasteiger partial charge in [0, 0.05) is 20.2 Å². The van der Waals surface area contributed by atoms with Crippen LogP contribution in [-0.2, 0) is 22.6 Å². The van der Waals surface area contributed by atoms with Gasteiger partial charge in [-0.05, 0) is 0 Å². The summed E-state index contributed by atoms with van der Waals surface area (Å²) in [6, 6.07) is 0. The van der Waals surface area contributed by atoms with Gasteiger partial charge in [-0.3, -0.25) is 4.90 Å². The first-order valence-corrected chi connectivity index (χ1v) is 7.00. The predicted molar refractivity (Wildman–Crippen MR) is 74.8 cm³/mol. The molecule has 1 fully saturated rings. The van der Waals surface area contributed by atoms with Gasteiger partial charge >= 0.3 is 0 Å². The number of hydrogen-bond donors (Lipinski definition) is 1. The third kappa shape index (κ3) is 3.46. The normalized spacial score (nSPS) is 16.9. The fourth-order valence-electron chi connectivity index (χ4n) is 1.85. The first-order chi connectivity index (χ1) is 8.70. The number of thiocarbonyl (C=S) groups is 1. The van der Waals surface area contributed by atoms with Crippen molar-refractivity contribution in [2.75, 3.05) is 33.4 Å². The van der Waals surface area contributed by atoms with E-state index in [4.69, 9.17) is 27.4 Å². The maximum atomic E-state index is 5.70. The lowest BCUT2D eigenvalue weighted by molar-refractivity contribution is 0.0341. The second-order valence-corrected chi connectivity index (χ2v) is 5.59. The number of morpholine rings is 1. The first-order valence-electron chi connectivity index (χ1n) is 5.78. The number of nitrogens with two attached hydrogens (primary N) is 1. The van der Waals surface area contributed by atoms with Crippen molar-refractivity contribution in [1.82, 2.24) is 9.88 Å². The molecule has 1 aromatic rings. The number of methoxy groups -OCH3 is 1. The topological polar surface area (TPSA) is 60.6 Å². The number of hydrogen-bond acceptors (Lipinski definition) is 6. The molecule has 0 aliphatic carbocycles. The Hall–Kier alpha value is -0.600. The monoisotopic (exact) mass is 287 g/mol. The number of ether oxygens (including phenoxy) is 2. The Morgan fingerprint density at radius 3 is 2.89 bits per heavy atom. The molecule has 1 aromatic heterocycles. The van der Waals surface area contributed by atoms with Crippen molar-refractivity contribution in [2.45, 2.75) is 13.2 Å². The summed E-state index contributed by atoms with van der Waals surface area (Å²) in [4.78, 5) is 8.15. The van der Waals surface area contributed by atoms with Gasteiger partial charge in [-0.1, -0.05) is 12.2 Å². The van der Waals surface area contributed by atoms with E-state index in [2.05, 4.69) is 9.88 Å². The molecule has 2 rings (SSSR count). The molecule has 0 unspecified atom stereocenters. The van der Waals surface area contributed by atoms with E-state index in [1.807, 2.05) is 0 Å². The zero-order valence-electron chi connectivity index (χ0n) is 10.3. The summed E-state index contributed by atoms with van der Waals surface area (Å²) in [6.45, 7) is 4.75. The molecule has 1 saturated heterocycles. The second-order valence-electron chi connectivity index (χ2n) is 4.07. The molecular weight excluding hydrogens is 270 g/mol. The molecule has 1 aliphatic heterocycles. The molecule has 0 amide bonds. The van der Waals surface area contributed by atoms with E-state index in [-0.39, 0.29) is 0 Å². The zero-order chi connectivity index (χ0) is 13.0. The molecule has 0 saturated carbocycles. The van der Waals surface area contributed by atoms with Gasteiger partial charge in [0.15, 0.2) is 0 Å². The zero-order valence-corrected chi connectivity index (χ0v) is 12.0. The Labute approximate surface area is 116 Å². The van der Waals surface area contributed by atoms with E-state index < -0.39 is 0 Å². The smallest absolute Gasteiger partial charge is 0.116 e. The third-order valence-electron chi connectivity index (χ3n) is 2.71. The minimum Gasteiger partial charge on any atom is -0.389 e. The van der Waals surface area contributed by atoms with Crippen molar-refractivity contribution in [3.8, 4) is 0 Å². The van der Waals surface area contributed by atoms with Crippen molar-refractivity contribution >= 4 is 28.5 Å². The fraction of sp³-hybridized carbons (Fsp3) is 0.636. The average Bonchev–Trinajstić information content (AvgIpc) is 2.74. The Morgan fingerprint density at radius 1 is 1.56 bits per heavy atom. The molecule has 18 heavy (non-hydrogen) atoms. The SMILES string of the molecule is COCc1nc(CN2CCOCC2)sc1C(N)=S. The van der Waals surface area contributed by atoms with Crippen LogP contribution in [0.2, 0.25) is 0 Å². The van der Waals surface area contributed by atoms with E-state index in [1.54, 1.807) is 18.4 Å².